The first-order valence-electron chi connectivity index (χ1n) is 6.96. The molecule has 0 heterocycles. The van der Waals surface area contributed by atoms with Gasteiger partial charge in [-0.05, 0) is 25.3 Å². The summed E-state index contributed by atoms with van der Waals surface area (Å²) in [7, 11) is 0. The second-order valence-corrected chi connectivity index (χ2v) is 6.73. The molecule has 0 aliphatic rings. The molecule has 0 radical (unpaired) electrons. The van der Waals surface area contributed by atoms with Gasteiger partial charge in [0.2, 0.25) is 5.91 Å². The van der Waals surface area contributed by atoms with Crippen molar-refractivity contribution in [2.75, 3.05) is 5.75 Å². The highest BCUT2D eigenvalue weighted by Crippen LogP contribution is 2.29. The van der Waals surface area contributed by atoms with Crippen molar-refractivity contribution in [3.05, 3.63) is 39.9 Å². The molecule has 0 aliphatic carbocycles. The number of nitro groups is 1. The molecule has 0 unspecified atom stereocenters. The number of amides is 1. The Bertz CT molecular complexity index is 505. The number of non-ortho nitro benzene ring substituents is 1. The van der Waals surface area contributed by atoms with Crippen molar-refractivity contribution in [2.24, 2.45) is 5.92 Å². The Labute approximate surface area is 129 Å². The lowest BCUT2D eigenvalue weighted by atomic mass is 10.1. The van der Waals surface area contributed by atoms with Gasteiger partial charge in [0.15, 0.2) is 0 Å². The topological polar surface area (TPSA) is 72.2 Å². The molecule has 1 rings (SSSR count). The number of benzene rings is 1. The maximum absolute atomic E-state index is 11.8. The Balaban J connectivity index is 2.54. The fourth-order valence-electron chi connectivity index (χ4n) is 1.65. The van der Waals surface area contributed by atoms with E-state index in [-0.39, 0.29) is 22.9 Å². The van der Waals surface area contributed by atoms with Gasteiger partial charge in [0.05, 0.1) is 10.7 Å². The molecule has 0 aliphatic heterocycles. The number of nitro benzene ring substituents is 1. The Kier molecular flexibility index (Phi) is 6.68. The molecule has 1 aromatic rings. The van der Waals surface area contributed by atoms with Crippen molar-refractivity contribution in [3.63, 3.8) is 0 Å². The Morgan fingerprint density at radius 1 is 1.33 bits per heavy atom. The van der Waals surface area contributed by atoms with Gasteiger partial charge >= 0.3 is 0 Å². The zero-order valence-electron chi connectivity index (χ0n) is 12.8. The molecule has 5 nitrogen and oxygen atoms in total. The fraction of sp³-hybridized carbons (Fsp3) is 0.533. The molecule has 0 saturated heterocycles. The standard InChI is InChI=1S/C15H22N2O3S/c1-10(2)11(3)16-15(18)9-21-12(4)13-6-5-7-14(8-13)17(19)20/h5-8,10-12H,9H2,1-4H3,(H,16,18)/t11-,12-/m1/s1. The molecule has 0 fully saturated rings. The largest absolute Gasteiger partial charge is 0.353 e. The highest BCUT2D eigenvalue weighted by atomic mass is 32.2. The van der Waals surface area contributed by atoms with Crippen LogP contribution < -0.4 is 5.32 Å². The van der Waals surface area contributed by atoms with Crippen LogP contribution in [0.5, 0.6) is 0 Å². The highest BCUT2D eigenvalue weighted by Gasteiger charge is 2.15. The molecule has 1 aromatic carbocycles. The van der Waals surface area contributed by atoms with E-state index in [1.165, 1.54) is 17.8 Å². The molecular formula is C15H22N2O3S. The summed E-state index contributed by atoms with van der Waals surface area (Å²) >= 11 is 1.48. The van der Waals surface area contributed by atoms with Crippen LogP contribution in [-0.4, -0.2) is 22.6 Å². The van der Waals surface area contributed by atoms with Crippen LogP contribution in [0, 0.1) is 16.0 Å². The van der Waals surface area contributed by atoms with E-state index in [1.54, 1.807) is 12.1 Å². The van der Waals surface area contributed by atoms with Crippen LogP contribution in [0.3, 0.4) is 0 Å². The number of carbonyl (C=O) groups is 1. The van der Waals surface area contributed by atoms with E-state index >= 15 is 0 Å². The monoisotopic (exact) mass is 310 g/mol. The van der Waals surface area contributed by atoms with Gasteiger partial charge in [-0.2, -0.15) is 0 Å². The van der Waals surface area contributed by atoms with E-state index in [0.29, 0.717) is 11.7 Å². The molecule has 0 saturated carbocycles. The SMILES string of the molecule is CC(C)[C@@H](C)NC(=O)CS[C@H](C)c1cccc([N+](=O)[O-])c1. The van der Waals surface area contributed by atoms with Gasteiger partial charge in [-0.25, -0.2) is 0 Å². The van der Waals surface area contributed by atoms with E-state index < -0.39 is 4.92 Å². The number of nitrogens with zero attached hydrogens (tertiary/aromatic N) is 1. The molecule has 1 amide bonds. The van der Waals surface area contributed by atoms with Gasteiger partial charge in [-0.15, -0.1) is 11.8 Å². The van der Waals surface area contributed by atoms with E-state index in [0.717, 1.165) is 5.56 Å². The Hall–Kier alpha value is -1.56. The maximum atomic E-state index is 11.8. The predicted octanol–water partition coefficient (Wildman–Crippen LogP) is 3.55. The third-order valence-electron chi connectivity index (χ3n) is 3.40. The van der Waals surface area contributed by atoms with Crippen LogP contribution in [0.4, 0.5) is 5.69 Å². The second-order valence-electron chi connectivity index (χ2n) is 5.41. The third-order valence-corrected chi connectivity index (χ3v) is 4.60. The molecule has 0 bridgehead atoms. The van der Waals surface area contributed by atoms with Gasteiger partial charge in [-0.3, -0.25) is 14.9 Å². The van der Waals surface area contributed by atoms with Gasteiger partial charge in [0.25, 0.3) is 5.69 Å². The summed E-state index contributed by atoms with van der Waals surface area (Å²) in [6.07, 6.45) is 0. The van der Waals surface area contributed by atoms with E-state index in [2.05, 4.69) is 19.2 Å². The third kappa shape index (κ3) is 5.75. The van der Waals surface area contributed by atoms with Gasteiger partial charge in [0, 0.05) is 23.4 Å². The highest BCUT2D eigenvalue weighted by molar-refractivity contribution is 8.00. The van der Waals surface area contributed by atoms with E-state index in [9.17, 15) is 14.9 Å². The summed E-state index contributed by atoms with van der Waals surface area (Å²) in [5.74, 6) is 0.743. The minimum atomic E-state index is -0.405. The van der Waals surface area contributed by atoms with Gasteiger partial charge in [-0.1, -0.05) is 26.0 Å². The average molecular weight is 310 g/mol. The molecule has 0 aromatic heterocycles. The minimum absolute atomic E-state index is 0.00141. The fourth-order valence-corrected chi connectivity index (χ4v) is 2.47. The molecule has 1 N–H and O–H groups in total. The summed E-state index contributed by atoms with van der Waals surface area (Å²) in [6.45, 7) is 8.05. The second kappa shape index (κ2) is 8.02. The zero-order valence-corrected chi connectivity index (χ0v) is 13.6. The van der Waals surface area contributed by atoms with Gasteiger partial charge in [0.1, 0.15) is 0 Å². The first-order valence-corrected chi connectivity index (χ1v) is 8.01. The first-order chi connectivity index (χ1) is 9.81. The number of hydrogen-bond acceptors (Lipinski definition) is 4. The van der Waals surface area contributed by atoms with Crippen LogP contribution in [0.25, 0.3) is 0 Å². The van der Waals surface area contributed by atoms with Crippen molar-refractivity contribution in [1.82, 2.24) is 5.32 Å². The minimum Gasteiger partial charge on any atom is -0.353 e. The van der Waals surface area contributed by atoms with Crippen LogP contribution in [-0.2, 0) is 4.79 Å². The summed E-state index contributed by atoms with van der Waals surface area (Å²) in [6, 6.07) is 6.70. The molecule has 21 heavy (non-hydrogen) atoms. The lowest BCUT2D eigenvalue weighted by Gasteiger charge is -2.18. The number of hydrogen-bond donors (Lipinski definition) is 1. The average Bonchev–Trinajstić information content (AvgIpc) is 2.44. The molecule has 6 heteroatoms. The maximum Gasteiger partial charge on any atom is 0.269 e. The number of nitrogens with one attached hydrogen (secondary N) is 1. The molecule has 2 atom stereocenters. The summed E-state index contributed by atoms with van der Waals surface area (Å²) in [5, 5.41) is 13.7. The Morgan fingerprint density at radius 2 is 2.00 bits per heavy atom. The molecule has 116 valence electrons. The smallest absolute Gasteiger partial charge is 0.269 e. The Morgan fingerprint density at radius 3 is 2.57 bits per heavy atom. The number of rotatable bonds is 7. The lowest BCUT2D eigenvalue weighted by molar-refractivity contribution is -0.384. The zero-order chi connectivity index (χ0) is 16.0. The first kappa shape index (κ1) is 17.5. The summed E-state index contributed by atoms with van der Waals surface area (Å²) in [4.78, 5) is 22.2. The van der Waals surface area contributed by atoms with Crippen molar-refractivity contribution < 1.29 is 9.72 Å². The summed E-state index contributed by atoms with van der Waals surface area (Å²) < 4.78 is 0. The van der Waals surface area contributed by atoms with Crippen LogP contribution in [0.2, 0.25) is 0 Å². The van der Waals surface area contributed by atoms with Crippen molar-refractivity contribution in [3.8, 4) is 0 Å². The summed E-state index contributed by atoms with van der Waals surface area (Å²) in [5.41, 5.74) is 0.941. The van der Waals surface area contributed by atoms with E-state index in [4.69, 9.17) is 0 Å². The van der Waals surface area contributed by atoms with E-state index in [1.807, 2.05) is 19.9 Å². The number of thioether (sulfide) groups is 1. The van der Waals surface area contributed by atoms with Crippen molar-refractivity contribution in [1.29, 1.82) is 0 Å². The van der Waals surface area contributed by atoms with Crippen LogP contribution in [0.1, 0.15) is 38.5 Å². The molecular weight excluding hydrogens is 288 g/mol. The lowest BCUT2D eigenvalue weighted by Crippen LogP contribution is -2.37. The predicted molar refractivity (Wildman–Crippen MR) is 86.4 cm³/mol. The normalized spacial score (nSPS) is 13.8. The van der Waals surface area contributed by atoms with Gasteiger partial charge < -0.3 is 5.32 Å². The quantitative estimate of drug-likeness (QED) is 0.617. The number of carbonyl (C=O) groups excluding carboxylic acids is 1. The van der Waals surface area contributed by atoms with Crippen molar-refractivity contribution in [2.45, 2.75) is 39.0 Å². The van der Waals surface area contributed by atoms with Crippen LogP contribution >= 0.6 is 11.8 Å². The van der Waals surface area contributed by atoms with Crippen molar-refractivity contribution >= 4 is 23.4 Å². The molecule has 0 spiro atoms. The van der Waals surface area contributed by atoms with Crippen LogP contribution in [0.15, 0.2) is 24.3 Å².